The largest absolute Gasteiger partial charge is 0.494 e. The summed E-state index contributed by atoms with van der Waals surface area (Å²) < 4.78 is 32.4. The van der Waals surface area contributed by atoms with Crippen LogP contribution in [0.25, 0.3) is 0 Å². The molecule has 0 aromatic heterocycles. The molecule has 1 N–H and O–H groups in total. The second-order valence-corrected chi connectivity index (χ2v) is 7.89. The summed E-state index contributed by atoms with van der Waals surface area (Å²) >= 11 is 0. The van der Waals surface area contributed by atoms with Crippen LogP contribution in [-0.2, 0) is 10.0 Å². The molecule has 0 fully saturated rings. The van der Waals surface area contributed by atoms with Crippen LogP contribution in [0.4, 0.5) is 5.69 Å². The monoisotopic (exact) mass is 390 g/mol. The highest BCUT2D eigenvalue weighted by molar-refractivity contribution is 7.89. The van der Waals surface area contributed by atoms with Gasteiger partial charge in [-0.05, 0) is 55.8 Å². The molecular formula is C20H26N2O4S. The second kappa shape index (κ2) is 9.01. The number of ether oxygens (including phenoxy) is 1. The molecule has 2 aromatic rings. The molecule has 1 amide bonds. The van der Waals surface area contributed by atoms with Crippen LogP contribution in [0.2, 0.25) is 0 Å². The van der Waals surface area contributed by atoms with Crippen molar-refractivity contribution in [2.45, 2.75) is 32.6 Å². The SMILES string of the molecule is CCOc1ccc(C(=O)Nc2ccc(C)c(S(=O)(=O)N(CC)CC)c2)cc1. The normalized spacial score (nSPS) is 11.4. The lowest BCUT2D eigenvalue weighted by molar-refractivity contribution is 0.102. The summed E-state index contributed by atoms with van der Waals surface area (Å²) in [6.07, 6.45) is 0. The van der Waals surface area contributed by atoms with E-state index in [1.165, 1.54) is 10.4 Å². The van der Waals surface area contributed by atoms with Crippen molar-refractivity contribution in [3.8, 4) is 5.75 Å². The number of hydrogen-bond acceptors (Lipinski definition) is 4. The van der Waals surface area contributed by atoms with E-state index in [0.29, 0.717) is 42.3 Å². The van der Waals surface area contributed by atoms with Crippen LogP contribution in [0.1, 0.15) is 36.7 Å². The highest BCUT2D eigenvalue weighted by Crippen LogP contribution is 2.24. The van der Waals surface area contributed by atoms with E-state index in [1.807, 2.05) is 6.92 Å². The summed E-state index contributed by atoms with van der Waals surface area (Å²) in [7, 11) is -3.60. The van der Waals surface area contributed by atoms with E-state index in [-0.39, 0.29) is 10.8 Å². The lowest BCUT2D eigenvalue weighted by Gasteiger charge is -2.20. The molecular weight excluding hydrogens is 364 g/mol. The smallest absolute Gasteiger partial charge is 0.255 e. The number of aryl methyl sites for hydroxylation is 1. The third-order valence-corrected chi connectivity index (χ3v) is 6.39. The second-order valence-electron chi connectivity index (χ2n) is 5.98. The summed E-state index contributed by atoms with van der Waals surface area (Å²) in [5.74, 6) is 0.380. The van der Waals surface area contributed by atoms with Gasteiger partial charge in [0, 0.05) is 24.3 Å². The van der Waals surface area contributed by atoms with E-state index in [0.717, 1.165) is 0 Å². The molecule has 0 aliphatic rings. The first kappa shape index (κ1) is 20.9. The molecule has 0 heterocycles. The zero-order valence-electron chi connectivity index (χ0n) is 16.2. The van der Waals surface area contributed by atoms with Gasteiger partial charge < -0.3 is 10.1 Å². The molecule has 0 spiro atoms. The maximum atomic E-state index is 12.8. The van der Waals surface area contributed by atoms with E-state index in [2.05, 4.69) is 5.32 Å². The number of amides is 1. The maximum Gasteiger partial charge on any atom is 0.255 e. The van der Waals surface area contributed by atoms with E-state index in [4.69, 9.17) is 4.74 Å². The van der Waals surface area contributed by atoms with Crippen LogP contribution < -0.4 is 10.1 Å². The first-order valence-electron chi connectivity index (χ1n) is 8.98. The molecule has 146 valence electrons. The van der Waals surface area contributed by atoms with Crippen molar-refractivity contribution in [2.24, 2.45) is 0 Å². The predicted octanol–water partition coefficient (Wildman–Crippen LogP) is 3.68. The number of rotatable bonds is 8. The molecule has 0 aliphatic carbocycles. The first-order chi connectivity index (χ1) is 12.8. The van der Waals surface area contributed by atoms with E-state index in [1.54, 1.807) is 57.2 Å². The minimum Gasteiger partial charge on any atom is -0.494 e. The number of sulfonamides is 1. The van der Waals surface area contributed by atoms with Crippen LogP contribution in [0.15, 0.2) is 47.4 Å². The van der Waals surface area contributed by atoms with Crippen LogP contribution in [0.5, 0.6) is 5.75 Å². The van der Waals surface area contributed by atoms with Crippen molar-refractivity contribution in [2.75, 3.05) is 25.0 Å². The minimum absolute atomic E-state index is 0.204. The topological polar surface area (TPSA) is 75.7 Å². The van der Waals surface area contributed by atoms with Gasteiger partial charge in [0.25, 0.3) is 5.91 Å². The number of benzene rings is 2. The summed E-state index contributed by atoms with van der Waals surface area (Å²) in [6.45, 7) is 8.57. The Bertz CT molecular complexity index is 889. The Morgan fingerprint density at radius 2 is 1.67 bits per heavy atom. The maximum absolute atomic E-state index is 12.8. The van der Waals surface area contributed by atoms with E-state index < -0.39 is 10.0 Å². The fourth-order valence-electron chi connectivity index (χ4n) is 2.73. The van der Waals surface area contributed by atoms with Crippen molar-refractivity contribution in [3.63, 3.8) is 0 Å². The molecule has 0 saturated heterocycles. The van der Waals surface area contributed by atoms with Gasteiger partial charge in [0.15, 0.2) is 0 Å². The summed E-state index contributed by atoms with van der Waals surface area (Å²) in [5.41, 5.74) is 1.54. The molecule has 0 bridgehead atoms. The van der Waals surface area contributed by atoms with Crippen molar-refractivity contribution in [1.82, 2.24) is 4.31 Å². The van der Waals surface area contributed by atoms with Gasteiger partial charge in [-0.2, -0.15) is 4.31 Å². The Hall–Kier alpha value is -2.38. The third kappa shape index (κ3) is 4.87. The third-order valence-electron chi connectivity index (χ3n) is 4.20. The molecule has 0 unspecified atom stereocenters. The van der Waals surface area contributed by atoms with Crippen LogP contribution >= 0.6 is 0 Å². The Morgan fingerprint density at radius 1 is 1.04 bits per heavy atom. The zero-order chi connectivity index (χ0) is 20.0. The summed E-state index contributed by atoms with van der Waals surface area (Å²) in [4.78, 5) is 12.7. The van der Waals surface area contributed by atoms with Crippen molar-refractivity contribution >= 4 is 21.6 Å². The average Bonchev–Trinajstić information content (AvgIpc) is 2.64. The van der Waals surface area contributed by atoms with Gasteiger partial charge in [0.05, 0.1) is 11.5 Å². The molecule has 0 aliphatic heterocycles. The van der Waals surface area contributed by atoms with Crippen LogP contribution in [-0.4, -0.2) is 38.3 Å². The molecule has 27 heavy (non-hydrogen) atoms. The molecule has 0 radical (unpaired) electrons. The quantitative estimate of drug-likeness (QED) is 0.746. The first-order valence-corrected chi connectivity index (χ1v) is 10.4. The van der Waals surface area contributed by atoms with Gasteiger partial charge in [0.2, 0.25) is 10.0 Å². The molecule has 0 saturated carbocycles. The summed E-state index contributed by atoms with van der Waals surface area (Å²) in [5, 5.41) is 2.76. The van der Waals surface area contributed by atoms with Gasteiger partial charge in [-0.3, -0.25) is 4.79 Å². The Balaban J connectivity index is 2.26. The van der Waals surface area contributed by atoms with Crippen LogP contribution in [0.3, 0.4) is 0 Å². The van der Waals surface area contributed by atoms with Gasteiger partial charge in [-0.25, -0.2) is 8.42 Å². The predicted molar refractivity (Wildman–Crippen MR) is 107 cm³/mol. The van der Waals surface area contributed by atoms with Crippen LogP contribution in [0, 0.1) is 6.92 Å². The Labute approximate surface area is 161 Å². The molecule has 6 nitrogen and oxygen atoms in total. The highest BCUT2D eigenvalue weighted by Gasteiger charge is 2.24. The fourth-order valence-corrected chi connectivity index (χ4v) is 4.44. The zero-order valence-corrected chi connectivity index (χ0v) is 17.0. The summed E-state index contributed by atoms with van der Waals surface area (Å²) in [6, 6.07) is 11.7. The fraction of sp³-hybridized carbons (Fsp3) is 0.350. The lowest BCUT2D eigenvalue weighted by Crippen LogP contribution is -2.31. The number of carbonyl (C=O) groups excluding carboxylic acids is 1. The standard InChI is InChI=1S/C20H26N2O4S/c1-5-22(6-2)27(24,25)19-14-17(11-8-15(19)4)21-20(23)16-9-12-18(13-10-16)26-7-3/h8-14H,5-7H2,1-4H3,(H,21,23). The Kier molecular flexibility index (Phi) is 6.98. The van der Waals surface area contributed by atoms with Crippen molar-refractivity contribution < 1.29 is 17.9 Å². The number of nitrogens with one attached hydrogen (secondary N) is 1. The molecule has 2 rings (SSSR count). The van der Waals surface area contributed by atoms with Gasteiger partial charge in [0.1, 0.15) is 5.75 Å². The van der Waals surface area contributed by atoms with Crippen molar-refractivity contribution in [3.05, 3.63) is 53.6 Å². The molecule has 0 atom stereocenters. The molecule has 2 aromatic carbocycles. The number of anilines is 1. The lowest BCUT2D eigenvalue weighted by atomic mass is 10.2. The number of hydrogen-bond donors (Lipinski definition) is 1. The minimum atomic E-state index is -3.60. The number of carbonyl (C=O) groups is 1. The van der Waals surface area contributed by atoms with E-state index >= 15 is 0 Å². The molecule has 7 heteroatoms. The van der Waals surface area contributed by atoms with E-state index in [9.17, 15) is 13.2 Å². The van der Waals surface area contributed by atoms with Crippen molar-refractivity contribution in [1.29, 1.82) is 0 Å². The average molecular weight is 391 g/mol. The number of nitrogens with zero attached hydrogens (tertiary/aromatic N) is 1. The van der Waals surface area contributed by atoms with Gasteiger partial charge >= 0.3 is 0 Å². The highest BCUT2D eigenvalue weighted by atomic mass is 32.2. The van der Waals surface area contributed by atoms with Gasteiger partial charge in [-0.1, -0.05) is 19.9 Å². The Morgan fingerprint density at radius 3 is 2.22 bits per heavy atom. The van der Waals surface area contributed by atoms with Gasteiger partial charge in [-0.15, -0.1) is 0 Å².